The largest absolute Gasteiger partial charge is 0.395 e. The van der Waals surface area contributed by atoms with Crippen LogP contribution in [0.25, 0.3) is 11.3 Å². The molecule has 0 saturated carbocycles. The Hall–Kier alpha value is -1.81. The van der Waals surface area contributed by atoms with Gasteiger partial charge in [0.2, 0.25) is 0 Å². The molecule has 2 aromatic rings. The molecule has 0 amide bonds. The number of H-pyrrole nitrogens is 1. The molecule has 0 saturated heterocycles. The van der Waals surface area contributed by atoms with Crippen molar-refractivity contribution in [3.8, 4) is 11.3 Å². The molecule has 0 aliphatic heterocycles. The molecular formula is C13H17N3O. The Kier molecular flexibility index (Phi) is 2.90. The Balaban J connectivity index is 2.55. The van der Waals surface area contributed by atoms with E-state index in [1.165, 1.54) is 0 Å². The number of nitrogens with two attached hydrogens (primary N) is 1. The van der Waals surface area contributed by atoms with Crippen molar-refractivity contribution in [1.82, 2.24) is 10.2 Å². The minimum atomic E-state index is -0.295. The maximum Gasteiger partial charge on any atom is 0.145 e. The van der Waals surface area contributed by atoms with Gasteiger partial charge in [0.25, 0.3) is 0 Å². The summed E-state index contributed by atoms with van der Waals surface area (Å²) in [6.07, 6.45) is 0. The van der Waals surface area contributed by atoms with Crippen LogP contribution in [0, 0.1) is 0 Å². The molecule has 0 aliphatic carbocycles. The zero-order valence-corrected chi connectivity index (χ0v) is 10.1. The summed E-state index contributed by atoms with van der Waals surface area (Å²) in [6.45, 7) is 4.10. The highest BCUT2D eigenvalue weighted by atomic mass is 16.3. The van der Waals surface area contributed by atoms with Gasteiger partial charge in [0.1, 0.15) is 5.82 Å². The molecule has 2 rings (SSSR count). The van der Waals surface area contributed by atoms with Crippen LogP contribution in [0.5, 0.6) is 0 Å². The number of nitrogens with one attached hydrogen (secondary N) is 1. The third kappa shape index (κ3) is 2.17. The average molecular weight is 231 g/mol. The fraction of sp³-hybridized carbons (Fsp3) is 0.308. The molecular weight excluding hydrogens is 214 g/mol. The number of aliphatic hydroxyl groups is 1. The van der Waals surface area contributed by atoms with E-state index in [9.17, 15) is 5.11 Å². The van der Waals surface area contributed by atoms with Gasteiger partial charge in [-0.2, -0.15) is 5.10 Å². The monoisotopic (exact) mass is 231 g/mol. The lowest BCUT2D eigenvalue weighted by Crippen LogP contribution is -2.22. The predicted molar refractivity (Wildman–Crippen MR) is 68.5 cm³/mol. The third-order valence-electron chi connectivity index (χ3n) is 2.94. The smallest absolute Gasteiger partial charge is 0.145 e. The molecule has 4 N–H and O–H groups in total. The summed E-state index contributed by atoms with van der Waals surface area (Å²) in [5.41, 5.74) is 8.29. The summed E-state index contributed by atoms with van der Waals surface area (Å²) >= 11 is 0. The van der Waals surface area contributed by atoms with E-state index in [-0.39, 0.29) is 12.0 Å². The quantitative estimate of drug-likeness (QED) is 0.755. The number of hydrogen-bond donors (Lipinski definition) is 3. The van der Waals surface area contributed by atoms with Crippen molar-refractivity contribution in [2.24, 2.45) is 0 Å². The van der Waals surface area contributed by atoms with Gasteiger partial charge in [-0.3, -0.25) is 5.10 Å². The number of aliphatic hydroxyl groups excluding tert-OH is 1. The second-order valence-electron chi connectivity index (χ2n) is 4.79. The Morgan fingerprint density at radius 1 is 1.35 bits per heavy atom. The zero-order valence-electron chi connectivity index (χ0n) is 10.1. The SMILES string of the molecule is CC(C)(CO)c1ccccc1-c1cc(N)n[nH]1. The van der Waals surface area contributed by atoms with E-state index < -0.39 is 0 Å². The number of nitrogen functional groups attached to an aromatic ring is 1. The van der Waals surface area contributed by atoms with Crippen LogP contribution in [0.4, 0.5) is 5.82 Å². The standard InChI is InChI=1S/C13H17N3O/c1-13(2,8-17)10-6-4-3-5-9(10)11-7-12(14)16-15-11/h3-7,17H,8H2,1-2H3,(H3,14,15,16). The molecule has 0 bridgehead atoms. The van der Waals surface area contributed by atoms with Gasteiger partial charge >= 0.3 is 0 Å². The molecule has 90 valence electrons. The minimum absolute atomic E-state index is 0.0909. The Morgan fingerprint density at radius 3 is 2.65 bits per heavy atom. The lowest BCUT2D eigenvalue weighted by atomic mass is 9.82. The number of aromatic amines is 1. The van der Waals surface area contributed by atoms with E-state index in [1.807, 2.05) is 38.1 Å². The Labute approximate surface area is 100 Å². The van der Waals surface area contributed by atoms with Crippen LogP contribution in [-0.2, 0) is 5.41 Å². The highest BCUT2D eigenvalue weighted by molar-refractivity contribution is 5.67. The molecule has 4 nitrogen and oxygen atoms in total. The zero-order chi connectivity index (χ0) is 12.5. The number of benzene rings is 1. The first-order chi connectivity index (χ1) is 8.04. The molecule has 4 heteroatoms. The first-order valence-corrected chi connectivity index (χ1v) is 5.56. The van der Waals surface area contributed by atoms with E-state index in [0.717, 1.165) is 16.8 Å². The second-order valence-corrected chi connectivity index (χ2v) is 4.79. The second kappa shape index (κ2) is 4.22. The molecule has 1 heterocycles. The topological polar surface area (TPSA) is 74.9 Å². The third-order valence-corrected chi connectivity index (χ3v) is 2.94. The van der Waals surface area contributed by atoms with Gasteiger partial charge in [-0.25, -0.2) is 0 Å². The number of nitrogens with zero attached hydrogens (tertiary/aromatic N) is 1. The van der Waals surface area contributed by atoms with Gasteiger partial charge in [-0.15, -0.1) is 0 Å². The van der Waals surface area contributed by atoms with Crippen LogP contribution in [-0.4, -0.2) is 21.9 Å². The first kappa shape index (κ1) is 11.7. The van der Waals surface area contributed by atoms with Crippen molar-refractivity contribution >= 4 is 5.82 Å². The Morgan fingerprint density at radius 2 is 2.06 bits per heavy atom. The van der Waals surface area contributed by atoms with Crippen molar-refractivity contribution in [3.05, 3.63) is 35.9 Å². The van der Waals surface area contributed by atoms with Crippen LogP contribution >= 0.6 is 0 Å². The van der Waals surface area contributed by atoms with E-state index >= 15 is 0 Å². The van der Waals surface area contributed by atoms with Crippen LogP contribution < -0.4 is 5.73 Å². The number of rotatable bonds is 3. The van der Waals surface area contributed by atoms with Crippen molar-refractivity contribution in [3.63, 3.8) is 0 Å². The van der Waals surface area contributed by atoms with Gasteiger partial charge in [0, 0.05) is 17.0 Å². The van der Waals surface area contributed by atoms with Crippen LogP contribution in [0.1, 0.15) is 19.4 Å². The number of hydrogen-bond acceptors (Lipinski definition) is 3. The van der Waals surface area contributed by atoms with Crippen LogP contribution in [0.2, 0.25) is 0 Å². The molecule has 0 fully saturated rings. The molecule has 0 radical (unpaired) electrons. The fourth-order valence-electron chi connectivity index (χ4n) is 1.87. The summed E-state index contributed by atoms with van der Waals surface area (Å²) in [5, 5.41) is 16.3. The molecule has 17 heavy (non-hydrogen) atoms. The lowest BCUT2D eigenvalue weighted by molar-refractivity contribution is 0.219. The molecule has 0 unspecified atom stereocenters. The van der Waals surface area contributed by atoms with Gasteiger partial charge in [0.05, 0.1) is 12.3 Å². The number of anilines is 1. The fourth-order valence-corrected chi connectivity index (χ4v) is 1.87. The van der Waals surface area contributed by atoms with Crippen molar-refractivity contribution in [2.45, 2.75) is 19.3 Å². The molecule has 0 spiro atoms. The summed E-state index contributed by atoms with van der Waals surface area (Å²) in [4.78, 5) is 0. The van der Waals surface area contributed by atoms with E-state index in [1.54, 1.807) is 6.07 Å². The van der Waals surface area contributed by atoms with Crippen molar-refractivity contribution in [2.75, 3.05) is 12.3 Å². The highest BCUT2D eigenvalue weighted by Gasteiger charge is 2.23. The van der Waals surface area contributed by atoms with Gasteiger partial charge in [0.15, 0.2) is 0 Å². The van der Waals surface area contributed by atoms with E-state index in [0.29, 0.717) is 5.82 Å². The summed E-state index contributed by atoms with van der Waals surface area (Å²) in [6, 6.07) is 9.74. The minimum Gasteiger partial charge on any atom is -0.395 e. The highest BCUT2D eigenvalue weighted by Crippen LogP contribution is 2.32. The maximum absolute atomic E-state index is 9.47. The van der Waals surface area contributed by atoms with Gasteiger partial charge < -0.3 is 10.8 Å². The van der Waals surface area contributed by atoms with Crippen molar-refractivity contribution in [1.29, 1.82) is 0 Å². The molecule has 1 aromatic carbocycles. The summed E-state index contributed by atoms with van der Waals surface area (Å²) in [7, 11) is 0. The lowest BCUT2D eigenvalue weighted by Gasteiger charge is -2.24. The Bertz CT molecular complexity index is 517. The molecule has 0 aliphatic rings. The van der Waals surface area contributed by atoms with E-state index in [2.05, 4.69) is 10.2 Å². The normalized spacial score (nSPS) is 11.7. The van der Waals surface area contributed by atoms with Crippen LogP contribution in [0.15, 0.2) is 30.3 Å². The predicted octanol–water partition coefficient (Wildman–Crippen LogP) is 1.93. The van der Waals surface area contributed by atoms with Crippen molar-refractivity contribution < 1.29 is 5.11 Å². The first-order valence-electron chi connectivity index (χ1n) is 5.56. The number of aromatic nitrogens is 2. The maximum atomic E-state index is 9.47. The van der Waals surface area contributed by atoms with Gasteiger partial charge in [-0.05, 0) is 5.56 Å². The summed E-state index contributed by atoms with van der Waals surface area (Å²) in [5.74, 6) is 0.469. The summed E-state index contributed by atoms with van der Waals surface area (Å²) < 4.78 is 0. The van der Waals surface area contributed by atoms with Gasteiger partial charge in [-0.1, -0.05) is 38.1 Å². The van der Waals surface area contributed by atoms with Crippen LogP contribution in [0.3, 0.4) is 0 Å². The molecule has 0 atom stereocenters. The van der Waals surface area contributed by atoms with E-state index in [4.69, 9.17) is 5.73 Å². The molecule has 1 aromatic heterocycles. The average Bonchev–Trinajstić information content (AvgIpc) is 2.76.